The fourth-order valence-corrected chi connectivity index (χ4v) is 1.36. The molecular weight excluding hydrogens is 160 g/mol. The average Bonchev–Trinajstić information content (AvgIpc) is 2.52. The normalized spacial score (nSPS) is 9.31. The Bertz CT molecular complexity index is 226. The Kier molecular flexibility index (Phi) is 6.29. The minimum atomic E-state index is 1.10. The van der Waals surface area contributed by atoms with Crippen molar-refractivity contribution >= 4 is 0 Å². The minimum Gasteiger partial charge on any atom is -0.272 e. The van der Waals surface area contributed by atoms with Crippen LogP contribution in [-0.2, 0) is 19.9 Å². The van der Waals surface area contributed by atoms with E-state index in [2.05, 4.69) is 18.9 Å². The second kappa shape index (κ2) is 6.70. The number of rotatable bonds is 3. The predicted octanol–water partition coefficient (Wildman–Crippen LogP) is 2.96. The van der Waals surface area contributed by atoms with Gasteiger partial charge in [0, 0.05) is 12.7 Å². The van der Waals surface area contributed by atoms with Crippen LogP contribution in [0.5, 0.6) is 0 Å². The molecule has 2 heteroatoms. The molecule has 0 saturated heterocycles. The molecule has 1 aromatic heterocycles. The van der Waals surface area contributed by atoms with Crippen LogP contribution in [0.1, 0.15) is 45.4 Å². The number of hydrogen-bond donors (Lipinski definition) is 0. The summed E-state index contributed by atoms with van der Waals surface area (Å²) >= 11 is 0. The SMILES string of the molecule is CC.CCCc1c(CC)cnn1C. The van der Waals surface area contributed by atoms with Crippen LogP contribution >= 0.6 is 0 Å². The summed E-state index contributed by atoms with van der Waals surface area (Å²) in [4.78, 5) is 0. The first-order valence-corrected chi connectivity index (χ1v) is 5.29. The molecule has 0 aliphatic rings. The first kappa shape index (κ1) is 12.2. The molecule has 0 bridgehead atoms. The molecule has 0 amide bonds. The van der Waals surface area contributed by atoms with Gasteiger partial charge in [0.2, 0.25) is 0 Å². The Labute approximate surface area is 82.0 Å². The fourth-order valence-electron chi connectivity index (χ4n) is 1.36. The molecule has 0 aliphatic carbocycles. The topological polar surface area (TPSA) is 17.8 Å². The highest BCUT2D eigenvalue weighted by atomic mass is 15.3. The number of nitrogens with zero attached hydrogens (tertiary/aromatic N) is 2. The molecule has 1 rings (SSSR count). The van der Waals surface area contributed by atoms with Gasteiger partial charge in [0.15, 0.2) is 0 Å². The summed E-state index contributed by atoms with van der Waals surface area (Å²) in [5.74, 6) is 0. The molecule has 0 unspecified atom stereocenters. The minimum absolute atomic E-state index is 1.10. The van der Waals surface area contributed by atoms with Crippen molar-refractivity contribution in [3.05, 3.63) is 17.5 Å². The zero-order chi connectivity index (χ0) is 10.3. The van der Waals surface area contributed by atoms with Crippen LogP contribution in [0.15, 0.2) is 6.20 Å². The van der Waals surface area contributed by atoms with Crippen LogP contribution in [0.3, 0.4) is 0 Å². The number of hydrogen-bond acceptors (Lipinski definition) is 1. The summed E-state index contributed by atoms with van der Waals surface area (Å²) in [6, 6.07) is 0. The van der Waals surface area contributed by atoms with E-state index in [4.69, 9.17) is 0 Å². The molecule has 1 heterocycles. The fraction of sp³-hybridized carbons (Fsp3) is 0.727. The Morgan fingerprint density at radius 2 is 1.92 bits per heavy atom. The second-order valence-electron chi connectivity index (χ2n) is 2.84. The van der Waals surface area contributed by atoms with Gasteiger partial charge in [-0.1, -0.05) is 34.1 Å². The highest BCUT2D eigenvalue weighted by Gasteiger charge is 2.03. The first-order chi connectivity index (χ1) is 6.29. The zero-order valence-corrected chi connectivity index (χ0v) is 9.59. The van der Waals surface area contributed by atoms with Gasteiger partial charge in [-0.25, -0.2) is 0 Å². The molecule has 13 heavy (non-hydrogen) atoms. The Hall–Kier alpha value is -0.790. The maximum absolute atomic E-state index is 4.22. The predicted molar refractivity (Wildman–Crippen MR) is 57.9 cm³/mol. The van der Waals surface area contributed by atoms with E-state index in [9.17, 15) is 0 Å². The third-order valence-corrected chi connectivity index (χ3v) is 2.02. The lowest BCUT2D eigenvalue weighted by molar-refractivity contribution is 0.694. The van der Waals surface area contributed by atoms with E-state index in [1.165, 1.54) is 17.7 Å². The molecule has 0 saturated carbocycles. The van der Waals surface area contributed by atoms with E-state index in [1.54, 1.807) is 0 Å². The van der Waals surface area contributed by atoms with Crippen molar-refractivity contribution in [3.8, 4) is 0 Å². The molecule has 0 aliphatic heterocycles. The van der Waals surface area contributed by atoms with E-state index < -0.39 is 0 Å². The lowest BCUT2D eigenvalue weighted by Crippen LogP contribution is -1.99. The van der Waals surface area contributed by atoms with Crippen molar-refractivity contribution < 1.29 is 0 Å². The average molecular weight is 182 g/mol. The maximum Gasteiger partial charge on any atom is 0.0524 e. The molecule has 1 aromatic rings. The summed E-state index contributed by atoms with van der Waals surface area (Å²) in [7, 11) is 2.02. The highest BCUT2D eigenvalue weighted by Crippen LogP contribution is 2.09. The Morgan fingerprint density at radius 1 is 1.31 bits per heavy atom. The lowest BCUT2D eigenvalue weighted by atomic mass is 10.1. The van der Waals surface area contributed by atoms with Crippen molar-refractivity contribution in [2.24, 2.45) is 7.05 Å². The van der Waals surface area contributed by atoms with Crippen LogP contribution in [0.25, 0.3) is 0 Å². The lowest BCUT2D eigenvalue weighted by Gasteiger charge is -2.01. The van der Waals surface area contributed by atoms with Gasteiger partial charge in [-0.2, -0.15) is 5.10 Å². The van der Waals surface area contributed by atoms with Gasteiger partial charge in [0.1, 0.15) is 0 Å². The van der Waals surface area contributed by atoms with E-state index >= 15 is 0 Å². The van der Waals surface area contributed by atoms with Gasteiger partial charge < -0.3 is 0 Å². The molecule has 76 valence electrons. The quantitative estimate of drug-likeness (QED) is 0.702. The van der Waals surface area contributed by atoms with Crippen molar-refractivity contribution in [3.63, 3.8) is 0 Å². The van der Waals surface area contributed by atoms with Crippen LogP contribution in [0.2, 0.25) is 0 Å². The van der Waals surface area contributed by atoms with Gasteiger partial charge in [-0.15, -0.1) is 0 Å². The van der Waals surface area contributed by atoms with E-state index in [0.29, 0.717) is 0 Å². The van der Waals surface area contributed by atoms with Crippen LogP contribution in [0.4, 0.5) is 0 Å². The number of aromatic nitrogens is 2. The van der Waals surface area contributed by atoms with Gasteiger partial charge in [-0.3, -0.25) is 4.68 Å². The van der Waals surface area contributed by atoms with Crippen molar-refractivity contribution in [2.75, 3.05) is 0 Å². The van der Waals surface area contributed by atoms with Gasteiger partial charge in [-0.05, 0) is 18.4 Å². The second-order valence-corrected chi connectivity index (χ2v) is 2.84. The molecular formula is C11H22N2. The molecule has 0 aromatic carbocycles. The summed E-state index contributed by atoms with van der Waals surface area (Å²) in [6.45, 7) is 8.38. The molecule has 0 radical (unpaired) electrons. The molecule has 0 fully saturated rings. The Morgan fingerprint density at radius 3 is 2.38 bits per heavy atom. The van der Waals surface area contributed by atoms with Gasteiger partial charge >= 0.3 is 0 Å². The molecule has 0 N–H and O–H groups in total. The van der Waals surface area contributed by atoms with Crippen LogP contribution in [-0.4, -0.2) is 9.78 Å². The first-order valence-electron chi connectivity index (χ1n) is 5.29. The maximum atomic E-state index is 4.22. The molecule has 2 nitrogen and oxygen atoms in total. The molecule has 0 atom stereocenters. The van der Waals surface area contributed by atoms with Crippen molar-refractivity contribution in [1.29, 1.82) is 0 Å². The zero-order valence-electron chi connectivity index (χ0n) is 9.59. The Balaban J connectivity index is 0.000000671. The largest absolute Gasteiger partial charge is 0.272 e. The van der Waals surface area contributed by atoms with E-state index in [0.717, 1.165) is 12.8 Å². The highest BCUT2D eigenvalue weighted by molar-refractivity contribution is 5.17. The van der Waals surface area contributed by atoms with Gasteiger partial charge in [0.05, 0.1) is 6.20 Å². The van der Waals surface area contributed by atoms with Gasteiger partial charge in [0.25, 0.3) is 0 Å². The van der Waals surface area contributed by atoms with Crippen LogP contribution < -0.4 is 0 Å². The monoisotopic (exact) mass is 182 g/mol. The third-order valence-electron chi connectivity index (χ3n) is 2.02. The standard InChI is InChI=1S/C9H16N2.C2H6/c1-4-6-9-8(5-2)7-10-11(9)3;1-2/h7H,4-6H2,1-3H3;1-2H3. The van der Waals surface area contributed by atoms with Crippen molar-refractivity contribution in [1.82, 2.24) is 9.78 Å². The summed E-state index contributed by atoms with van der Waals surface area (Å²) in [5.41, 5.74) is 2.80. The van der Waals surface area contributed by atoms with E-state index in [-0.39, 0.29) is 0 Å². The smallest absolute Gasteiger partial charge is 0.0524 e. The third kappa shape index (κ3) is 3.21. The van der Waals surface area contributed by atoms with Crippen molar-refractivity contribution in [2.45, 2.75) is 47.0 Å². The summed E-state index contributed by atoms with van der Waals surface area (Å²) in [5, 5.41) is 4.22. The number of aryl methyl sites for hydroxylation is 2. The summed E-state index contributed by atoms with van der Waals surface area (Å²) < 4.78 is 1.99. The summed E-state index contributed by atoms with van der Waals surface area (Å²) in [6.07, 6.45) is 5.43. The molecule has 0 spiro atoms. The van der Waals surface area contributed by atoms with Crippen LogP contribution in [0, 0.1) is 0 Å². The van der Waals surface area contributed by atoms with E-state index in [1.807, 2.05) is 31.8 Å².